The Balaban J connectivity index is 2.08. The number of aryl methyl sites for hydroxylation is 1. The van der Waals surface area contributed by atoms with Crippen molar-refractivity contribution in [2.75, 3.05) is 6.54 Å². The van der Waals surface area contributed by atoms with Gasteiger partial charge in [-0.2, -0.15) is 5.10 Å². The van der Waals surface area contributed by atoms with Crippen LogP contribution in [-0.4, -0.2) is 21.7 Å². The van der Waals surface area contributed by atoms with Gasteiger partial charge in [-0.15, -0.1) is 11.6 Å². The van der Waals surface area contributed by atoms with Gasteiger partial charge in [0.15, 0.2) is 0 Å². The van der Waals surface area contributed by atoms with E-state index >= 15 is 0 Å². The van der Waals surface area contributed by atoms with Gasteiger partial charge in [-0.25, -0.2) is 0 Å². The summed E-state index contributed by atoms with van der Waals surface area (Å²) in [4.78, 5) is 0. The van der Waals surface area contributed by atoms with Gasteiger partial charge in [0, 0.05) is 23.9 Å². The van der Waals surface area contributed by atoms with Crippen LogP contribution in [0.1, 0.15) is 26.0 Å². The summed E-state index contributed by atoms with van der Waals surface area (Å²) in [6, 6.07) is 8.38. The number of aromatic nitrogens is 2. The monoisotopic (exact) mass is 265 g/mol. The molecule has 0 radical (unpaired) electrons. The number of nitrogens with one attached hydrogen (secondary N) is 1. The number of halogens is 1. The third-order valence-electron chi connectivity index (χ3n) is 3.05. The molecule has 1 unspecified atom stereocenters. The molecule has 0 amide bonds. The van der Waals surface area contributed by atoms with Gasteiger partial charge in [0.25, 0.3) is 0 Å². The fourth-order valence-electron chi connectivity index (χ4n) is 2.08. The molecule has 1 N–H and O–H groups in total. The second-order valence-electron chi connectivity index (χ2n) is 4.53. The zero-order valence-electron chi connectivity index (χ0n) is 11.0. The Hall–Kier alpha value is -1.06. The molecule has 0 saturated carbocycles. The second-order valence-corrected chi connectivity index (χ2v) is 5.27. The molecule has 18 heavy (non-hydrogen) atoms. The molecule has 1 aromatic carbocycles. The summed E-state index contributed by atoms with van der Waals surface area (Å²) in [6.45, 7) is 6.77. The fraction of sp³-hybridized carbons (Fsp3) is 0.500. The van der Waals surface area contributed by atoms with Gasteiger partial charge in [-0.3, -0.25) is 4.68 Å². The highest BCUT2D eigenvalue weighted by Gasteiger charge is 2.08. The van der Waals surface area contributed by atoms with E-state index in [0.717, 1.165) is 31.7 Å². The molecule has 2 rings (SSSR count). The lowest BCUT2D eigenvalue weighted by atomic mass is 10.2. The van der Waals surface area contributed by atoms with Gasteiger partial charge in [-0.1, -0.05) is 18.2 Å². The molecule has 0 aliphatic carbocycles. The van der Waals surface area contributed by atoms with Gasteiger partial charge in [0.05, 0.1) is 11.2 Å². The van der Waals surface area contributed by atoms with Crippen molar-refractivity contribution in [2.45, 2.75) is 38.7 Å². The maximum atomic E-state index is 5.92. The predicted molar refractivity (Wildman–Crippen MR) is 77.0 cm³/mol. The number of para-hydroxylation sites is 1. The van der Waals surface area contributed by atoms with E-state index in [-0.39, 0.29) is 5.38 Å². The Labute approximate surface area is 113 Å². The summed E-state index contributed by atoms with van der Waals surface area (Å²) in [5, 5.41) is 9.51. The van der Waals surface area contributed by atoms with Gasteiger partial charge in [0.2, 0.25) is 0 Å². The predicted octanol–water partition coefficient (Wildman–Crippen LogP) is 3.16. The minimum atomic E-state index is 0.224. The molecule has 0 saturated heterocycles. The molecule has 0 aliphatic heterocycles. The van der Waals surface area contributed by atoms with Gasteiger partial charge < -0.3 is 5.32 Å². The first-order chi connectivity index (χ1) is 8.72. The number of hydrogen-bond acceptors (Lipinski definition) is 2. The lowest BCUT2D eigenvalue weighted by molar-refractivity contribution is 0.613. The summed E-state index contributed by atoms with van der Waals surface area (Å²) >= 11 is 5.92. The van der Waals surface area contributed by atoms with Gasteiger partial charge in [-0.05, 0) is 32.9 Å². The van der Waals surface area contributed by atoms with E-state index in [1.165, 1.54) is 10.9 Å². The maximum absolute atomic E-state index is 5.92. The number of hydrogen-bond donors (Lipinski definition) is 1. The first kappa shape index (κ1) is 13.4. The topological polar surface area (TPSA) is 29.9 Å². The van der Waals surface area contributed by atoms with E-state index in [2.05, 4.69) is 46.3 Å². The van der Waals surface area contributed by atoms with Crippen molar-refractivity contribution < 1.29 is 0 Å². The maximum Gasteiger partial charge on any atom is 0.0841 e. The molecule has 1 heterocycles. The molecule has 0 spiro atoms. The third-order valence-corrected chi connectivity index (χ3v) is 3.26. The number of benzene rings is 1. The Morgan fingerprint density at radius 2 is 2.17 bits per heavy atom. The van der Waals surface area contributed by atoms with E-state index in [1.54, 1.807) is 0 Å². The zero-order valence-corrected chi connectivity index (χ0v) is 11.7. The molecule has 3 nitrogen and oxygen atoms in total. The Kier molecular flexibility index (Phi) is 4.61. The average molecular weight is 266 g/mol. The van der Waals surface area contributed by atoms with Crippen LogP contribution in [0.3, 0.4) is 0 Å². The fourth-order valence-corrected chi connectivity index (χ4v) is 2.18. The van der Waals surface area contributed by atoms with E-state index in [4.69, 9.17) is 11.6 Å². The Morgan fingerprint density at radius 1 is 1.39 bits per heavy atom. The SMILES string of the molecule is CCn1nc(CNCCC(C)Cl)c2ccccc21. The molecule has 0 aliphatic rings. The van der Waals surface area contributed by atoms with Crippen molar-refractivity contribution in [1.29, 1.82) is 0 Å². The summed E-state index contributed by atoms with van der Waals surface area (Å²) in [7, 11) is 0. The van der Waals surface area contributed by atoms with E-state index in [9.17, 15) is 0 Å². The van der Waals surface area contributed by atoms with E-state index in [0.29, 0.717) is 0 Å². The zero-order chi connectivity index (χ0) is 13.0. The van der Waals surface area contributed by atoms with Crippen LogP contribution < -0.4 is 5.32 Å². The lowest BCUT2D eigenvalue weighted by Crippen LogP contribution is -2.17. The Morgan fingerprint density at radius 3 is 2.89 bits per heavy atom. The minimum Gasteiger partial charge on any atom is -0.311 e. The summed E-state index contributed by atoms with van der Waals surface area (Å²) in [5.74, 6) is 0. The van der Waals surface area contributed by atoms with Crippen molar-refractivity contribution in [3.05, 3.63) is 30.0 Å². The summed E-state index contributed by atoms with van der Waals surface area (Å²) in [5.41, 5.74) is 2.33. The van der Waals surface area contributed by atoms with Crippen LogP contribution in [0.4, 0.5) is 0 Å². The van der Waals surface area contributed by atoms with Crippen molar-refractivity contribution in [3.8, 4) is 0 Å². The third kappa shape index (κ3) is 3.03. The molecule has 98 valence electrons. The highest BCUT2D eigenvalue weighted by molar-refractivity contribution is 6.20. The summed E-state index contributed by atoms with van der Waals surface area (Å²) in [6.07, 6.45) is 0.980. The highest BCUT2D eigenvalue weighted by Crippen LogP contribution is 2.18. The standard InChI is InChI=1S/C14H20ClN3/c1-3-18-14-7-5-4-6-12(14)13(17-18)10-16-9-8-11(2)15/h4-7,11,16H,3,8-10H2,1-2H3. The second kappa shape index (κ2) is 6.21. The molecular weight excluding hydrogens is 246 g/mol. The molecular formula is C14H20ClN3. The van der Waals surface area contributed by atoms with Crippen LogP contribution in [0.2, 0.25) is 0 Å². The molecule has 1 atom stereocenters. The van der Waals surface area contributed by atoms with Crippen LogP contribution in [0.15, 0.2) is 24.3 Å². The van der Waals surface area contributed by atoms with Crippen LogP contribution in [-0.2, 0) is 13.1 Å². The average Bonchev–Trinajstić information content (AvgIpc) is 2.73. The normalized spacial score (nSPS) is 13.1. The highest BCUT2D eigenvalue weighted by atomic mass is 35.5. The molecule has 2 aromatic rings. The number of alkyl halides is 1. The first-order valence-corrected chi connectivity index (χ1v) is 6.95. The number of rotatable bonds is 6. The largest absolute Gasteiger partial charge is 0.311 e. The minimum absolute atomic E-state index is 0.224. The quantitative estimate of drug-likeness (QED) is 0.642. The number of fused-ring (bicyclic) bond motifs is 1. The number of nitrogens with zero attached hydrogens (tertiary/aromatic N) is 2. The van der Waals surface area contributed by atoms with E-state index < -0.39 is 0 Å². The van der Waals surface area contributed by atoms with E-state index in [1.807, 2.05) is 6.92 Å². The van der Waals surface area contributed by atoms with Crippen LogP contribution in [0, 0.1) is 0 Å². The lowest BCUT2D eigenvalue weighted by Gasteiger charge is -2.04. The smallest absolute Gasteiger partial charge is 0.0841 e. The molecule has 1 aromatic heterocycles. The van der Waals surface area contributed by atoms with Crippen molar-refractivity contribution >= 4 is 22.5 Å². The van der Waals surface area contributed by atoms with Crippen molar-refractivity contribution in [2.24, 2.45) is 0 Å². The van der Waals surface area contributed by atoms with Gasteiger partial charge >= 0.3 is 0 Å². The van der Waals surface area contributed by atoms with Crippen molar-refractivity contribution in [1.82, 2.24) is 15.1 Å². The van der Waals surface area contributed by atoms with Crippen LogP contribution in [0.5, 0.6) is 0 Å². The molecule has 0 fully saturated rings. The van der Waals surface area contributed by atoms with Crippen LogP contribution >= 0.6 is 11.6 Å². The van der Waals surface area contributed by atoms with Gasteiger partial charge in [0.1, 0.15) is 0 Å². The molecule has 0 bridgehead atoms. The molecule has 4 heteroatoms. The van der Waals surface area contributed by atoms with Crippen LogP contribution in [0.25, 0.3) is 10.9 Å². The Bertz CT molecular complexity index is 505. The first-order valence-electron chi connectivity index (χ1n) is 6.51. The summed E-state index contributed by atoms with van der Waals surface area (Å²) < 4.78 is 2.05. The van der Waals surface area contributed by atoms with Crippen molar-refractivity contribution in [3.63, 3.8) is 0 Å².